The summed E-state index contributed by atoms with van der Waals surface area (Å²) >= 11 is 5.12. The van der Waals surface area contributed by atoms with Crippen molar-refractivity contribution in [3.05, 3.63) is 29.3 Å². The average Bonchev–Trinajstić information content (AvgIpc) is 2.19. The van der Waals surface area contributed by atoms with Crippen LogP contribution in [0.1, 0.15) is 29.8 Å². The molecule has 0 bridgehead atoms. The first-order chi connectivity index (χ1) is 7.90. The Bertz CT molecular complexity index is 444. The number of hydrogen-bond acceptors (Lipinski definition) is 2. The summed E-state index contributed by atoms with van der Waals surface area (Å²) in [5, 5.41) is 15.5. The molecule has 5 heteroatoms. The van der Waals surface area contributed by atoms with Gasteiger partial charge in [-0.05, 0) is 56.8 Å². The van der Waals surface area contributed by atoms with Crippen LogP contribution in [0.2, 0.25) is 0 Å². The predicted molar refractivity (Wildman–Crippen MR) is 72.6 cm³/mol. The summed E-state index contributed by atoms with van der Waals surface area (Å²) in [6.45, 7) is 5.83. The van der Waals surface area contributed by atoms with Crippen LogP contribution in [0.5, 0.6) is 0 Å². The summed E-state index contributed by atoms with van der Waals surface area (Å²) < 4.78 is 0. The fourth-order valence-corrected chi connectivity index (χ4v) is 1.70. The molecule has 17 heavy (non-hydrogen) atoms. The number of thiocarbonyl (C=S) groups is 1. The van der Waals surface area contributed by atoms with E-state index in [2.05, 4.69) is 10.6 Å². The zero-order valence-corrected chi connectivity index (χ0v) is 10.9. The number of anilines is 1. The van der Waals surface area contributed by atoms with Crippen molar-refractivity contribution in [3.8, 4) is 0 Å². The van der Waals surface area contributed by atoms with Gasteiger partial charge in [-0.1, -0.05) is 0 Å². The van der Waals surface area contributed by atoms with Crippen molar-refractivity contribution in [1.29, 1.82) is 0 Å². The molecular formula is C12H16N2O2S. The van der Waals surface area contributed by atoms with E-state index in [0.717, 1.165) is 11.3 Å². The van der Waals surface area contributed by atoms with E-state index in [-0.39, 0.29) is 11.6 Å². The zero-order valence-electron chi connectivity index (χ0n) is 10.1. The minimum atomic E-state index is -0.928. The van der Waals surface area contributed by atoms with E-state index in [1.165, 1.54) is 0 Å². The van der Waals surface area contributed by atoms with Crippen molar-refractivity contribution in [1.82, 2.24) is 5.32 Å². The van der Waals surface area contributed by atoms with Crippen LogP contribution < -0.4 is 10.6 Å². The van der Waals surface area contributed by atoms with E-state index in [1.807, 2.05) is 20.8 Å². The fourth-order valence-electron chi connectivity index (χ4n) is 1.36. The molecule has 0 radical (unpaired) electrons. The monoisotopic (exact) mass is 252 g/mol. The van der Waals surface area contributed by atoms with Crippen molar-refractivity contribution < 1.29 is 9.90 Å². The number of benzene rings is 1. The molecule has 1 aromatic rings. The lowest BCUT2D eigenvalue weighted by molar-refractivity contribution is 0.0697. The van der Waals surface area contributed by atoms with E-state index in [0.29, 0.717) is 5.11 Å². The summed E-state index contributed by atoms with van der Waals surface area (Å²) in [6.07, 6.45) is 0. The number of carbonyl (C=O) groups is 1. The largest absolute Gasteiger partial charge is 0.478 e. The highest BCUT2D eigenvalue weighted by Crippen LogP contribution is 2.16. The number of carboxylic acid groups (broad SMARTS) is 1. The zero-order chi connectivity index (χ0) is 13.0. The Morgan fingerprint density at radius 3 is 2.53 bits per heavy atom. The van der Waals surface area contributed by atoms with Gasteiger partial charge in [0.05, 0.1) is 5.56 Å². The van der Waals surface area contributed by atoms with Crippen LogP contribution >= 0.6 is 12.2 Å². The molecular weight excluding hydrogens is 236 g/mol. The Hall–Kier alpha value is -1.62. The highest BCUT2D eigenvalue weighted by atomic mass is 32.1. The van der Waals surface area contributed by atoms with Gasteiger partial charge in [0.2, 0.25) is 0 Å². The van der Waals surface area contributed by atoms with Crippen LogP contribution in [0.15, 0.2) is 18.2 Å². The molecule has 0 aliphatic carbocycles. The minimum Gasteiger partial charge on any atom is -0.478 e. The molecule has 0 saturated heterocycles. The Morgan fingerprint density at radius 2 is 2.06 bits per heavy atom. The van der Waals surface area contributed by atoms with Gasteiger partial charge < -0.3 is 15.7 Å². The van der Waals surface area contributed by atoms with Crippen LogP contribution in [0, 0.1) is 6.92 Å². The van der Waals surface area contributed by atoms with Gasteiger partial charge in [-0.2, -0.15) is 0 Å². The maximum atomic E-state index is 10.8. The third kappa shape index (κ3) is 4.03. The first kappa shape index (κ1) is 13.4. The molecule has 0 heterocycles. The molecule has 0 saturated carbocycles. The lowest BCUT2D eigenvalue weighted by Gasteiger charge is -2.14. The SMILES string of the molecule is Cc1cc(C(=O)O)ccc1NC(=S)NC(C)C. The molecule has 0 aliphatic rings. The number of hydrogen-bond donors (Lipinski definition) is 3. The normalized spacial score (nSPS) is 10.1. The molecule has 1 rings (SSSR count). The molecule has 1 aromatic carbocycles. The predicted octanol–water partition coefficient (Wildman–Crippen LogP) is 2.39. The first-order valence-corrected chi connectivity index (χ1v) is 5.72. The third-order valence-corrected chi connectivity index (χ3v) is 2.36. The third-order valence-electron chi connectivity index (χ3n) is 2.14. The number of rotatable bonds is 3. The molecule has 3 N–H and O–H groups in total. The van der Waals surface area contributed by atoms with E-state index < -0.39 is 5.97 Å². The molecule has 0 aromatic heterocycles. The number of nitrogens with one attached hydrogen (secondary N) is 2. The lowest BCUT2D eigenvalue weighted by atomic mass is 10.1. The van der Waals surface area contributed by atoms with Crippen LogP contribution in [-0.2, 0) is 0 Å². The fraction of sp³-hybridized carbons (Fsp3) is 0.333. The van der Waals surface area contributed by atoms with Crippen LogP contribution in [-0.4, -0.2) is 22.2 Å². The van der Waals surface area contributed by atoms with Gasteiger partial charge >= 0.3 is 5.97 Å². The number of carboxylic acids is 1. The Kier molecular flexibility index (Phi) is 4.45. The summed E-state index contributed by atoms with van der Waals surface area (Å²) in [6, 6.07) is 5.14. The lowest BCUT2D eigenvalue weighted by Crippen LogP contribution is -2.34. The topological polar surface area (TPSA) is 61.4 Å². The first-order valence-electron chi connectivity index (χ1n) is 5.31. The molecule has 0 unspecified atom stereocenters. The average molecular weight is 252 g/mol. The summed E-state index contributed by atoms with van der Waals surface area (Å²) in [7, 11) is 0. The minimum absolute atomic E-state index is 0.258. The highest BCUT2D eigenvalue weighted by Gasteiger charge is 2.06. The molecule has 0 fully saturated rings. The maximum absolute atomic E-state index is 10.8. The van der Waals surface area contributed by atoms with Crippen LogP contribution in [0.3, 0.4) is 0 Å². The number of aryl methyl sites for hydroxylation is 1. The molecule has 0 atom stereocenters. The summed E-state index contributed by atoms with van der Waals surface area (Å²) in [5.74, 6) is -0.928. The second-order valence-corrected chi connectivity index (χ2v) is 4.50. The van der Waals surface area contributed by atoms with Crippen molar-refractivity contribution in [2.75, 3.05) is 5.32 Å². The van der Waals surface area contributed by atoms with Gasteiger partial charge in [0.25, 0.3) is 0 Å². The van der Waals surface area contributed by atoms with E-state index >= 15 is 0 Å². The van der Waals surface area contributed by atoms with Crippen molar-refractivity contribution >= 4 is 29.0 Å². The molecule has 4 nitrogen and oxygen atoms in total. The Balaban J connectivity index is 2.79. The van der Waals surface area contributed by atoms with Gasteiger partial charge in [0, 0.05) is 11.7 Å². The van der Waals surface area contributed by atoms with Gasteiger partial charge in [-0.25, -0.2) is 4.79 Å². The Morgan fingerprint density at radius 1 is 1.41 bits per heavy atom. The molecule has 92 valence electrons. The quantitative estimate of drug-likeness (QED) is 0.721. The smallest absolute Gasteiger partial charge is 0.335 e. The number of aromatic carboxylic acids is 1. The van der Waals surface area contributed by atoms with E-state index in [1.54, 1.807) is 18.2 Å². The van der Waals surface area contributed by atoms with E-state index in [4.69, 9.17) is 17.3 Å². The second-order valence-electron chi connectivity index (χ2n) is 4.09. The highest BCUT2D eigenvalue weighted by molar-refractivity contribution is 7.80. The second kappa shape index (κ2) is 5.63. The van der Waals surface area contributed by atoms with Crippen LogP contribution in [0.25, 0.3) is 0 Å². The standard InChI is InChI=1S/C12H16N2O2S/c1-7(2)13-12(17)14-10-5-4-9(11(15)16)6-8(10)3/h4-7H,1-3H3,(H,15,16)(H2,13,14,17). The molecule has 0 amide bonds. The maximum Gasteiger partial charge on any atom is 0.335 e. The van der Waals surface area contributed by atoms with Gasteiger partial charge in [0.1, 0.15) is 0 Å². The van der Waals surface area contributed by atoms with E-state index in [9.17, 15) is 4.79 Å². The summed E-state index contributed by atoms with van der Waals surface area (Å²) in [5.41, 5.74) is 1.93. The van der Waals surface area contributed by atoms with Gasteiger partial charge in [0.15, 0.2) is 5.11 Å². The van der Waals surface area contributed by atoms with Crippen molar-refractivity contribution in [2.45, 2.75) is 26.8 Å². The molecule has 0 aliphatic heterocycles. The van der Waals surface area contributed by atoms with Crippen molar-refractivity contribution in [2.24, 2.45) is 0 Å². The summed E-state index contributed by atoms with van der Waals surface area (Å²) in [4.78, 5) is 10.8. The van der Waals surface area contributed by atoms with Gasteiger partial charge in [-0.15, -0.1) is 0 Å². The van der Waals surface area contributed by atoms with Gasteiger partial charge in [-0.3, -0.25) is 0 Å². The van der Waals surface area contributed by atoms with Crippen LogP contribution in [0.4, 0.5) is 5.69 Å². The van der Waals surface area contributed by atoms with Crippen molar-refractivity contribution in [3.63, 3.8) is 0 Å². The Labute approximate surface area is 106 Å². The molecule has 0 spiro atoms.